The molecule has 1 aromatic carbocycles. The van der Waals surface area contributed by atoms with E-state index in [0.29, 0.717) is 0 Å². The fourth-order valence-corrected chi connectivity index (χ4v) is 6.30. The molecule has 2 heteroatoms. The Morgan fingerprint density at radius 1 is 1.00 bits per heavy atom. The van der Waals surface area contributed by atoms with E-state index in [2.05, 4.69) is 50.1 Å². The molecule has 0 aliphatic heterocycles. The molecule has 0 saturated heterocycles. The van der Waals surface area contributed by atoms with Gasteiger partial charge in [-0.1, -0.05) is 0 Å². The molecule has 0 N–H and O–H groups in total. The van der Waals surface area contributed by atoms with Crippen LogP contribution in [0.4, 0.5) is 0 Å². The zero-order chi connectivity index (χ0) is 10.2. The first-order valence-electron chi connectivity index (χ1n) is 4.93. The summed E-state index contributed by atoms with van der Waals surface area (Å²) in [5, 5.41) is 1.36. The second-order valence-electron chi connectivity index (χ2n) is 4.63. The number of rotatable bonds is 1. The van der Waals surface area contributed by atoms with E-state index in [1.54, 1.807) is 3.58 Å². The van der Waals surface area contributed by atoms with Crippen LogP contribution in [-0.2, 0) is 0 Å². The molecule has 1 nitrogen and oxygen atoms in total. The summed E-state index contributed by atoms with van der Waals surface area (Å²) in [4.78, 5) is 11.7. The third-order valence-corrected chi connectivity index (χ3v) is 8.31. The second-order valence-corrected chi connectivity index (χ2v) is 19.0. The Bertz CT molecular complexity index is 452. The van der Waals surface area contributed by atoms with Gasteiger partial charge in [-0.2, -0.15) is 0 Å². The van der Waals surface area contributed by atoms with Crippen molar-refractivity contribution in [2.24, 2.45) is 0 Å². The number of pyridine rings is 1. The van der Waals surface area contributed by atoms with Crippen molar-refractivity contribution in [3.63, 3.8) is 0 Å². The molecule has 0 amide bonds. The first-order chi connectivity index (χ1) is 6.59. The predicted molar refractivity (Wildman–Crippen MR) is 64.7 cm³/mol. The normalized spacial score (nSPS) is 11.9. The maximum absolute atomic E-state index is 4.39. The van der Waals surface area contributed by atoms with Crippen molar-refractivity contribution in [1.29, 1.82) is 0 Å². The van der Waals surface area contributed by atoms with Crippen LogP contribution in [0.5, 0.6) is 0 Å². The average Bonchev–Trinajstić information content (AvgIpc) is 2.15. The topological polar surface area (TPSA) is 12.9 Å². The fraction of sp³-hybridized carbons (Fsp3) is 0.250. The van der Waals surface area contributed by atoms with E-state index in [4.69, 9.17) is 0 Å². The summed E-state index contributed by atoms with van der Waals surface area (Å²) in [5.74, 6) is 0. The molecule has 0 fully saturated rings. The molecule has 2 aromatic rings. The van der Waals surface area contributed by atoms with Gasteiger partial charge in [0, 0.05) is 0 Å². The Hall–Kier alpha value is -0.571. The molecule has 0 atom stereocenters. The Balaban J connectivity index is 2.78. The van der Waals surface area contributed by atoms with Crippen LogP contribution in [-0.4, -0.2) is 23.4 Å². The maximum atomic E-state index is 4.39. The monoisotopic (exact) mass is 293 g/mol. The molecule has 72 valence electrons. The van der Waals surface area contributed by atoms with Crippen molar-refractivity contribution in [3.05, 3.63) is 36.5 Å². The Morgan fingerprint density at radius 2 is 1.71 bits per heavy atom. The van der Waals surface area contributed by atoms with Crippen LogP contribution in [0.25, 0.3) is 10.9 Å². The fourth-order valence-electron chi connectivity index (χ4n) is 1.75. The Labute approximate surface area is 89.0 Å². The van der Waals surface area contributed by atoms with Crippen LogP contribution < -0.4 is 3.58 Å². The number of para-hydroxylation sites is 1. The van der Waals surface area contributed by atoms with Crippen molar-refractivity contribution >= 4 is 32.9 Å². The van der Waals surface area contributed by atoms with Gasteiger partial charge in [0.2, 0.25) is 0 Å². The number of fused-ring (bicyclic) bond motifs is 1. The van der Waals surface area contributed by atoms with Crippen LogP contribution in [0, 0.1) is 0 Å². The van der Waals surface area contributed by atoms with Gasteiger partial charge in [-0.3, -0.25) is 0 Å². The average molecular weight is 292 g/mol. The number of aromatic nitrogens is 1. The minimum absolute atomic E-state index is 1.14. The minimum atomic E-state index is -1.97. The van der Waals surface area contributed by atoms with Gasteiger partial charge in [0.1, 0.15) is 0 Å². The van der Waals surface area contributed by atoms with Crippen LogP contribution in [0.2, 0.25) is 14.8 Å². The van der Waals surface area contributed by atoms with Crippen molar-refractivity contribution < 1.29 is 0 Å². The summed E-state index contributed by atoms with van der Waals surface area (Å²) in [6, 6.07) is 10.6. The van der Waals surface area contributed by atoms with Crippen LogP contribution in [0.1, 0.15) is 0 Å². The van der Waals surface area contributed by atoms with E-state index in [0.717, 1.165) is 5.52 Å². The molecule has 0 bridgehead atoms. The van der Waals surface area contributed by atoms with Gasteiger partial charge < -0.3 is 0 Å². The van der Waals surface area contributed by atoms with Crippen molar-refractivity contribution in [2.45, 2.75) is 14.8 Å². The Morgan fingerprint density at radius 3 is 2.43 bits per heavy atom. The van der Waals surface area contributed by atoms with E-state index in [9.17, 15) is 0 Å². The van der Waals surface area contributed by atoms with Gasteiger partial charge in [-0.25, -0.2) is 0 Å². The van der Waals surface area contributed by atoms with E-state index in [1.807, 2.05) is 6.20 Å². The standard InChI is InChI=1S/C9H6N.3CH3.Sn/c1-2-6-9-8(4-1)5-3-7-10-9;;;;/h1-4,6-7H;3*1H3;. The van der Waals surface area contributed by atoms with Gasteiger partial charge in [0.25, 0.3) is 0 Å². The third kappa shape index (κ3) is 1.78. The molecule has 0 unspecified atom stereocenters. The van der Waals surface area contributed by atoms with Gasteiger partial charge in [0.05, 0.1) is 0 Å². The zero-order valence-corrected chi connectivity index (χ0v) is 11.8. The Kier molecular flexibility index (Phi) is 2.52. The molecule has 0 saturated carbocycles. The van der Waals surface area contributed by atoms with Gasteiger partial charge in [-0.15, -0.1) is 0 Å². The van der Waals surface area contributed by atoms with Crippen molar-refractivity contribution in [1.82, 2.24) is 4.98 Å². The summed E-state index contributed by atoms with van der Waals surface area (Å²) in [5.41, 5.74) is 1.14. The quantitative estimate of drug-likeness (QED) is 0.736. The summed E-state index contributed by atoms with van der Waals surface area (Å²) in [6.07, 6.45) is 1.94. The molecule has 0 aliphatic rings. The zero-order valence-electron chi connectivity index (χ0n) is 8.91. The molecule has 0 radical (unpaired) electrons. The van der Waals surface area contributed by atoms with Crippen LogP contribution >= 0.6 is 0 Å². The van der Waals surface area contributed by atoms with Crippen LogP contribution in [0.15, 0.2) is 36.5 Å². The number of benzene rings is 1. The first-order valence-corrected chi connectivity index (χ1v) is 14.9. The van der Waals surface area contributed by atoms with Crippen molar-refractivity contribution in [2.75, 3.05) is 0 Å². The van der Waals surface area contributed by atoms with E-state index in [-0.39, 0.29) is 0 Å². The van der Waals surface area contributed by atoms with Gasteiger partial charge >= 0.3 is 89.2 Å². The first kappa shape index (κ1) is 9.96. The molecule has 2 rings (SSSR count). The van der Waals surface area contributed by atoms with E-state index >= 15 is 0 Å². The number of hydrogen-bond donors (Lipinski definition) is 0. The van der Waals surface area contributed by atoms with Gasteiger partial charge in [0.15, 0.2) is 0 Å². The van der Waals surface area contributed by atoms with E-state index in [1.165, 1.54) is 5.39 Å². The second kappa shape index (κ2) is 3.54. The summed E-state index contributed by atoms with van der Waals surface area (Å²) < 4.78 is 1.57. The third-order valence-electron chi connectivity index (χ3n) is 2.46. The molecule has 0 aliphatic carbocycles. The van der Waals surface area contributed by atoms with Gasteiger partial charge in [-0.05, 0) is 0 Å². The molecule has 1 aromatic heterocycles. The van der Waals surface area contributed by atoms with Crippen molar-refractivity contribution in [3.8, 4) is 0 Å². The molecule has 0 spiro atoms. The summed E-state index contributed by atoms with van der Waals surface area (Å²) >= 11 is -1.97. The van der Waals surface area contributed by atoms with Crippen LogP contribution in [0.3, 0.4) is 0 Å². The molecular formula is C12H15NSn. The van der Waals surface area contributed by atoms with E-state index < -0.39 is 18.4 Å². The molecule has 14 heavy (non-hydrogen) atoms. The number of nitrogens with zero attached hydrogens (tertiary/aromatic N) is 1. The SMILES string of the molecule is [CH3][Sn]([CH3])([CH3])[c]1ccnc2ccccc12. The molecule has 1 heterocycles. The summed E-state index contributed by atoms with van der Waals surface area (Å²) in [6.45, 7) is 0. The molecular weight excluding hydrogens is 277 g/mol. The number of hydrogen-bond acceptors (Lipinski definition) is 1. The predicted octanol–water partition coefficient (Wildman–Crippen LogP) is 2.78. The summed E-state index contributed by atoms with van der Waals surface area (Å²) in [7, 11) is 0.